The Morgan fingerprint density at radius 1 is 1.19 bits per heavy atom. The fourth-order valence-corrected chi connectivity index (χ4v) is 1.90. The molecule has 0 unspecified atom stereocenters. The number of aromatic nitrogens is 1. The Morgan fingerprint density at radius 2 is 1.90 bits per heavy atom. The molecule has 0 aliphatic carbocycles. The second-order valence-corrected chi connectivity index (χ2v) is 5.05. The number of nitrogens with zero attached hydrogens (tertiary/aromatic N) is 1. The number of benzene rings is 1. The number of nitrogens with one attached hydrogen (secondary N) is 1. The number of aromatic carboxylic acids is 1. The number of amides is 1. The molecule has 2 N–H and O–H groups in total. The van der Waals surface area contributed by atoms with Crippen molar-refractivity contribution in [1.29, 1.82) is 0 Å². The van der Waals surface area contributed by atoms with Gasteiger partial charge in [-0.15, -0.1) is 0 Å². The first-order chi connectivity index (χ1) is 9.88. The minimum atomic E-state index is -1.07. The zero-order chi connectivity index (χ0) is 15.6. The fourth-order valence-electron chi connectivity index (χ4n) is 1.63. The molecule has 0 fully saturated rings. The topological polar surface area (TPSA) is 79.3 Å². The van der Waals surface area contributed by atoms with E-state index < -0.39 is 11.9 Å². The third-order valence-electron chi connectivity index (χ3n) is 2.79. The Morgan fingerprint density at radius 3 is 2.52 bits per heavy atom. The number of halogens is 2. The highest BCUT2D eigenvalue weighted by molar-refractivity contribution is 6.41. The van der Waals surface area contributed by atoms with Crippen LogP contribution in [-0.4, -0.2) is 22.0 Å². The van der Waals surface area contributed by atoms with Gasteiger partial charge in [-0.3, -0.25) is 4.79 Å². The summed E-state index contributed by atoms with van der Waals surface area (Å²) in [6.07, 6.45) is 1.29. The first-order valence-corrected chi connectivity index (χ1v) is 6.60. The van der Waals surface area contributed by atoms with E-state index in [0.717, 1.165) is 5.56 Å². The molecular weight excluding hydrogens is 315 g/mol. The highest BCUT2D eigenvalue weighted by atomic mass is 35.5. The molecule has 0 bridgehead atoms. The molecular formula is C14H10Cl2N2O3. The molecule has 0 saturated carbocycles. The second-order valence-electron chi connectivity index (χ2n) is 4.29. The van der Waals surface area contributed by atoms with E-state index in [1.165, 1.54) is 24.4 Å². The Balaban J connectivity index is 2.28. The number of carbonyl (C=O) groups is 2. The maximum absolute atomic E-state index is 12.1. The highest BCUT2D eigenvalue weighted by Gasteiger charge is 2.12. The second kappa shape index (κ2) is 6.11. The summed E-state index contributed by atoms with van der Waals surface area (Å²) in [7, 11) is 0. The van der Waals surface area contributed by atoms with Crippen molar-refractivity contribution < 1.29 is 14.7 Å². The van der Waals surface area contributed by atoms with E-state index in [0.29, 0.717) is 5.69 Å². The Labute approximate surface area is 130 Å². The van der Waals surface area contributed by atoms with Gasteiger partial charge in [0.1, 0.15) is 5.15 Å². The van der Waals surface area contributed by atoms with Crippen LogP contribution < -0.4 is 5.32 Å². The van der Waals surface area contributed by atoms with Crippen molar-refractivity contribution in [2.45, 2.75) is 6.92 Å². The summed E-state index contributed by atoms with van der Waals surface area (Å²) in [5.74, 6) is -1.52. The lowest BCUT2D eigenvalue weighted by Gasteiger charge is -2.09. The molecule has 0 radical (unpaired) electrons. The molecule has 0 aliphatic heterocycles. The van der Waals surface area contributed by atoms with Gasteiger partial charge >= 0.3 is 5.97 Å². The minimum absolute atomic E-state index is 0.0863. The van der Waals surface area contributed by atoms with E-state index in [2.05, 4.69) is 10.3 Å². The van der Waals surface area contributed by atoms with Gasteiger partial charge in [-0.05, 0) is 30.7 Å². The number of hydrogen-bond donors (Lipinski definition) is 2. The maximum Gasteiger partial charge on any atom is 0.335 e. The van der Waals surface area contributed by atoms with Gasteiger partial charge in [0, 0.05) is 11.9 Å². The van der Waals surface area contributed by atoms with Crippen molar-refractivity contribution in [2.24, 2.45) is 0 Å². The van der Waals surface area contributed by atoms with Gasteiger partial charge in [0.25, 0.3) is 5.91 Å². The maximum atomic E-state index is 12.1. The molecule has 0 atom stereocenters. The highest BCUT2D eigenvalue weighted by Crippen LogP contribution is 2.22. The zero-order valence-electron chi connectivity index (χ0n) is 10.9. The van der Waals surface area contributed by atoms with Crippen LogP contribution in [0.1, 0.15) is 26.3 Å². The Kier molecular flexibility index (Phi) is 4.45. The van der Waals surface area contributed by atoms with Crippen molar-refractivity contribution in [3.05, 3.63) is 57.3 Å². The molecule has 1 heterocycles. The summed E-state index contributed by atoms with van der Waals surface area (Å²) >= 11 is 11.5. The third kappa shape index (κ3) is 3.51. The quantitative estimate of drug-likeness (QED) is 0.844. The number of carboxylic acids is 1. The van der Waals surface area contributed by atoms with E-state index in [-0.39, 0.29) is 21.3 Å². The summed E-state index contributed by atoms with van der Waals surface area (Å²) in [4.78, 5) is 26.8. The smallest absolute Gasteiger partial charge is 0.335 e. The van der Waals surface area contributed by atoms with E-state index in [9.17, 15) is 9.59 Å². The number of aryl methyl sites for hydroxylation is 1. The van der Waals surface area contributed by atoms with Gasteiger partial charge in [0.2, 0.25) is 0 Å². The third-order valence-corrected chi connectivity index (χ3v) is 3.48. The van der Waals surface area contributed by atoms with Crippen LogP contribution in [0.4, 0.5) is 5.69 Å². The molecule has 7 heteroatoms. The number of rotatable bonds is 3. The number of hydrogen-bond acceptors (Lipinski definition) is 3. The standard InChI is InChI=1S/C14H10Cl2N2O3/c1-7-2-3-8(14(20)21)5-11(7)18-13(19)9-4-10(15)12(16)17-6-9/h2-6H,1H3,(H,18,19)(H,20,21). The molecule has 0 saturated heterocycles. The molecule has 0 aliphatic rings. The van der Waals surface area contributed by atoms with Gasteiger partial charge in [0.15, 0.2) is 0 Å². The monoisotopic (exact) mass is 324 g/mol. The van der Waals surface area contributed by atoms with E-state index in [1.54, 1.807) is 13.0 Å². The number of pyridine rings is 1. The number of anilines is 1. The van der Waals surface area contributed by atoms with E-state index in [4.69, 9.17) is 28.3 Å². The van der Waals surface area contributed by atoms with Crippen molar-refractivity contribution in [2.75, 3.05) is 5.32 Å². The average Bonchev–Trinajstić information content (AvgIpc) is 2.43. The molecule has 1 aromatic heterocycles. The predicted octanol–water partition coefficient (Wildman–Crippen LogP) is 3.65. The summed E-state index contributed by atoms with van der Waals surface area (Å²) in [5.41, 5.74) is 1.46. The first kappa shape index (κ1) is 15.3. The van der Waals surface area contributed by atoms with Gasteiger partial charge in [0.05, 0.1) is 16.1 Å². The number of carbonyl (C=O) groups excluding carboxylic acids is 1. The van der Waals surface area contributed by atoms with Crippen molar-refractivity contribution in [3.8, 4) is 0 Å². The zero-order valence-corrected chi connectivity index (χ0v) is 12.4. The molecule has 108 valence electrons. The van der Waals surface area contributed by atoms with Crippen LogP contribution in [0, 0.1) is 6.92 Å². The summed E-state index contributed by atoms with van der Waals surface area (Å²) < 4.78 is 0. The lowest BCUT2D eigenvalue weighted by atomic mass is 10.1. The summed E-state index contributed by atoms with van der Waals surface area (Å²) in [6.45, 7) is 1.76. The van der Waals surface area contributed by atoms with Gasteiger partial charge in [-0.1, -0.05) is 29.3 Å². The van der Waals surface area contributed by atoms with Crippen LogP contribution >= 0.6 is 23.2 Å². The van der Waals surface area contributed by atoms with Gasteiger partial charge in [-0.2, -0.15) is 0 Å². The van der Waals surface area contributed by atoms with Crippen LogP contribution in [0.15, 0.2) is 30.5 Å². The largest absolute Gasteiger partial charge is 0.478 e. The molecule has 0 spiro atoms. The van der Waals surface area contributed by atoms with Crippen molar-refractivity contribution in [3.63, 3.8) is 0 Å². The molecule has 5 nitrogen and oxygen atoms in total. The summed E-state index contributed by atoms with van der Waals surface area (Å²) in [6, 6.07) is 5.86. The summed E-state index contributed by atoms with van der Waals surface area (Å²) in [5, 5.41) is 11.9. The molecule has 2 aromatic rings. The predicted molar refractivity (Wildman–Crippen MR) is 80.3 cm³/mol. The minimum Gasteiger partial charge on any atom is -0.478 e. The normalized spacial score (nSPS) is 10.2. The Hall–Kier alpha value is -2.11. The first-order valence-electron chi connectivity index (χ1n) is 5.85. The van der Waals surface area contributed by atoms with Crippen molar-refractivity contribution in [1.82, 2.24) is 4.98 Å². The van der Waals surface area contributed by atoms with Crippen LogP contribution in [0.25, 0.3) is 0 Å². The molecule has 1 aromatic carbocycles. The SMILES string of the molecule is Cc1ccc(C(=O)O)cc1NC(=O)c1cnc(Cl)c(Cl)c1. The van der Waals surface area contributed by atoms with Crippen LogP contribution in [0.3, 0.4) is 0 Å². The van der Waals surface area contributed by atoms with Crippen molar-refractivity contribution >= 4 is 40.8 Å². The molecule has 21 heavy (non-hydrogen) atoms. The number of carboxylic acid groups (broad SMARTS) is 1. The average molecular weight is 325 g/mol. The van der Waals surface area contributed by atoms with Crippen LogP contribution in [0.2, 0.25) is 10.2 Å². The Bertz CT molecular complexity index is 732. The van der Waals surface area contributed by atoms with E-state index >= 15 is 0 Å². The van der Waals surface area contributed by atoms with Crippen LogP contribution in [0.5, 0.6) is 0 Å². The van der Waals surface area contributed by atoms with Crippen LogP contribution in [-0.2, 0) is 0 Å². The lowest BCUT2D eigenvalue weighted by Crippen LogP contribution is -2.14. The van der Waals surface area contributed by atoms with Gasteiger partial charge in [-0.25, -0.2) is 9.78 Å². The fraction of sp³-hybridized carbons (Fsp3) is 0.0714. The lowest BCUT2D eigenvalue weighted by molar-refractivity contribution is 0.0696. The molecule has 2 rings (SSSR count). The van der Waals surface area contributed by atoms with Gasteiger partial charge < -0.3 is 10.4 Å². The van der Waals surface area contributed by atoms with E-state index in [1.807, 2.05) is 0 Å². The molecule has 1 amide bonds.